The number of aliphatic carboxylic acids is 1. The third-order valence-electron chi connectivity index (χ3n) is 0.968. The predicted molar refractivity (Wildman–Crippen MR) is 33.7 cm³/mol. The van der Waals surface area contributed by atoms with E-state index in [1.54, 1.807) is 0 Å². The summed E-state index contributed by atoms with van der Waals surface area (Å²) < 4.78 is 12.5. The van der Waals surface area contributed by atoms with E-state index in [-0.39, 0.29) is 19.4 Å². The van der Waals surface area contributed by atoms with Gasteiger partial charge in [0.05, 0.1) is 6.42 Å². The van der Waals surface area contributed by atoms with Gasteiger partial charge in [-0.1, -0.05) is 0 Å². The van der Waals surface area contributed by atoms with Gasteiger partial charge in [-0.3, -0.25) is 15.3 Å². The molecular formula is C5H8FN2O3+. The number of nitrogens with zero attached hydrogens (tertiary/aromatic N) is 1. The molecule has 1 amide bonds. The van der Waals surface area contributed by atoms with Crippen molar-refractivity contribution < 1.29 is 23.7 Å². The lowest BCUT2D eigenvalue weighted by Gasteiger charge is -1.93. The van der Waals surface area contributed by atoms with Crippen LogP contribution in [0.3, 0.4) is 0 Å². The Hall–Kier alpha value is -1.46. The van der Waals surface area contributed by atoms with Gasteiger partial charge >= 0.3 is 12.1 Å². The average Bonchev–Trinajstić information content (AvgIpc) is 1.87. The Balaban J connectivity index is 4.01. The van der Waals surface area contributed by atoms with Crippen molar-refractivity contribution in [1.29, 1.82) is 0 Å². The molecule has 0 unspecified atom stereocenters. The van der Waals surface area contributed by atoms with E-state index in [2.05, 4.69) is 5.73 Å². The molecule has 11 heavy (non-hydrogen) atoms. The smallest absolute Gasteiger partial charge is 0.439 e. The number of amides is 1. The Labute approximate surface area is 61.9 Å². The van der Waals surface area contributed by atoms with Crippen LogP contribution >= 0.6 is 0 Å². The Morgan fingerprint density at radius 3 is 2.55 bits per heavy atom. The third kappa shape index (κ3) is 4.01. The van der Waals surface area contributed by atoms with Crippen LogP contribution in [-0.2, 0) is 9.59 Å². The quantitative estimate of drug-likeness (QED) is 0.181. The van der Waals surface area contributed by atoms with E-state index < -0.39 is 12.1 Å². The summed E-state index contributed by atoms with van der Waals surface area (Å²) in [4.78, 5) is 19.9. The van der Waals surface area contributed by atoms with E-state index in [4.69, 9.17) is 5.11 Å². The number of halogens is 1. The number of nitrogens with two attached hydrogens (primary N) is 1. The molecule has 0 spiro atoms. The van der Waals surface area contributed by atoms with Gasteiger partial charge in [0.25, 0.3) is 6.41 Å². The summed E-state index contributed by atoms with van der Waals surface area (Å²) >= 11 is 0. The lowest BCUT2D eigenvalue weighted by Crippen LogP contribution is -2.25. The number of hydrogen-bond donors (Lipinski definition) is 2. The molecule has 0 fully saturated rings. The molecule has 0 atom stereocenters. The summed E-state index contributed by atoms with van der Waals surface area (Å²) in [5, 5.41) is 8.12. The number of carboxylic acid groups (broad SMARTS) is 1. The van der Waals surface area contributed by atoms with Gasteiger partial charge in [0.1, 0.15) is 6.54 Å². The molecule has 0 aromatic carbocycles. The van der Waals surface area contributed by atoms with Crippen LogP contribution < -0.4 is 5.73 Å². The maximum absolute atomic E-state index is 12.0. The maximum Gasteiger partial charge on any atom is 0.439 e. The molecule has 3 N–H and O–H groups in total. The highest BCUT2D eigenvalue weighted by atomic mass is 19.1. The van der Waals surface area contributed by atoms with Crippen LogP contribution in [0, 0.1) is 0 Å². The van der Waals surface area contributed by atoms with E-state index in [0.717, 1.165) is 0 Å². The first-order chi connectivity index (χ1) is 5.07. The Morgan fingerprint density at radius 2 is 2.27 bits per heavy atom. The highest BCUT2D eigenvalue weighted by Gasteiger charge is 2.08. The first-order valence-corrected chi connectivity index (χ1v) is 2.79. The summed E-state index contributed by atoms with van der Waals surface area (Å²) in [6.07, 6.45) is -1.39. The number of carbonyl (C=O) groups excluding carboxylic acids is 1. The van der Waals surface area contributed by atoms with Crippen molar-refractivity contribution >= 4 is 18.5 Å². The molecule has 0 saturated heterocycles. The molecule has 0 aromatic rings. The number of amidine groups is 1. The lowest BCUT2D eigenvalue weighted by molar-refractivity contribution is -0.439. The molecule has 0 aliphatic heterocycles. The van der Waals surface area contributed by atoms with Gasteiger partial charge in [0, 0.05) is 0 Å². The first-order valence-electron chi connectivity index (χ1n) is 2.79. The average molecular weight is 163 g/mol. The zero-order valence-electron chi connectivity index (χ0n) is 5.66. The summed E-state index contributed by atoms with van der Waals surface area (Å²) in [6.45, 7) is -0.249. The van der Waals surface area contributed by atoms with Crippen LogP contribution in [-0.4, -0.2) is 34.7 Å². The second kappa shape index (κ2) is 4.37. The van der Waals surface area contributed by atoms with E-state index in [1.807, 2.05) is 0 Å². The van der Waals surface area contributed by atoms with Gasteiger partial charge < -0.3 is 5.11 Å². The highest BCUT2D eigenvalue weighted by molar-refractivity contribution is 5.69. The highest BCUT2D eigenvalue weighted by Crippen LogP contribution is 1.81. The number of hydrogen-bond acceptors (Lipinski definition) is 2. The van der Waals surface area contributed by atoms with Crippen LogP contribution in [0.4, 0.5) is 4.39 Å². The van der Waals surface area contributed by atoms with Gasteiger partial charge in [-0.25, -0.2) is 0 Å². The van der Waals surface area contributed by atoms with Crippen LogP contribution in [0.15, 0.2) is 0 Å². The van der Waals surface area contributed by atoms with Crippen molar-refractivity contribution in [1.82, 2.24) is 0 Å². The Bertz CT molecular complexity index is 198. The lowest BCUT2D eigenvalue weighted by atomic mass is 10.4. The van der Waals surface area contributed by atoms with Gasteiger partial charge in [-0.2, -0.15) is 4.58 Å². The van der Waals surface area contributed by atoms with Crippen molar-refractivity contribution in [3.8, 4) is 0 Å². The van der Waals surface area contributed by atoms with Gasteiger partial charge in [-0.05, 0) is 0 Å². The Kier molecular flexibility index (Phi) is 3.79. The zero-order valence-corrected chi connectivity index (χ0v) is 5.66. The number of carboxylic acids is 1. The van der Waals surface area contributed by atoms with Crippen molar-refractivity contribution in [3.63, 3.8) is 0 Å². The minimum absolute atomic E-state index is 0.137. The molecule has 0 heterocycles. The van der Waals surface area contributed by atoms with E-state index >= 15 is 0 Å². The fourth-order valence-corrected chi connectivity index (χ4v) is 0.426. The summed E-state index contributed by atoms with van der Waals surface area (Å²) in [5.74, 6) is -1.11. The van der Waals surface area contributed by atoms with Crippen LogP contribution in [0.25, 0.3) is 0 Å². The molecule has 0 bridgehead atoms. The standard InChI is InChI=1S/C5H7FN2O3/c6-5(7)8(3-9)2-1-4(10)11/h3,7H,1-2H2,(H,10,11)/p+1. The van der Waals surface area contributed by atoms with E-state index in [1.165, 1.54) is 0 Å². The van der Waals surface area contributed by atoms with Gasteiger partial charge in [0.2, 0.25) is 0 Å². The van der Waals surface area contributed by atoms with Crippen LogP contribution in [0.1, 0.15) is 6.42 Å². The number of rotatable bonds is 4. The number of carbonyl (C=O) groups is 2. The van der Waals surface area contributed by atoms with Gasteiger partial charge in [-0.15, -0.1) is 4.39 Å². The fourth-order valence-electron chi connectivity index (χ4n) is 0.426. The normalized spacial score (nSPS) is 12.1. The summed E-state index contributed by atoms with van der Waals surface area (Å²) in [6, 6.07) is 0. The second-order valence-corrected chi connectivity index (χ2v) is 1.77. The molecule has 62 valence electrons. The summed E-state index contributed by atoms with van der Waals surface area (Å²) in [5.41, 5.74) is 4.59. The van der Waals surface area contributed by atoms with Crippen molar-refractivity contribution in [2.75, 3.05) is 6.54 Å². The second-order valence-electron chi connectivity index (χ2n) is 1.77. The molecule has 5 nitrogen and oxygen atoms in total. The minimum Gasteiger partial charge on any atom is -0.481 e. The molecular weight excluding hydrogens is 155 g/mol. The molecule has 6 heteroatoms. The Morgan fingerprint density at radius 1 is 1.73 bits per heavy atom. The van der Waals surface area contributed by atoms with Gasteiger partial charge in [0.15, 0.2) is 0 Å². The summed E-state index contributed by atoms with van der Waals surface area (Å²) in [7, 11) is 0. The molecule has 0 aliphatic rings. The monoisotopic (exact) mass is 163 g/mol. The molecule has 0 aliphatic carbocycles. The van der Waals surface area contributed by atoms with E-state index in [9.17, 15) is 14.0 Å². The predicted octanol–water partition coefficient (Wildman–Crippen LogP) is -1.09. The van der Waals surface area contributed by atoms with Crippen LogP contribution in [0.5, 0.6) is 0 Å². The SMILES string of the molecule is NC(F)=[N+](C=O)CCC(=O)O. The van der Waals surface area contributed by atoms with Crippen molar-refractivity contribution in [2.24, 2.45) is 5.73 Å². The molecule has 0 aromatic heterocycles. The largest absolute Gasteiger partial charge is 0.481 e. The molecule has 0 rings (SSSR count). The first kappa shape index (κ1) is 9.54. The zero-order chi connectivity index (χ0) is 8.85. The maximum atomic E-state index is 12.0. The third-order valence-corrected chi connectivity index (χ3v) is 0.968. The van der Waals surface area contributed by atoms with Crippen LogP contribution in [0.2, 0.25) is 0 Å². The molecule has 0 radical (unpaired) electrons. The van der Waals surface area contributed by atoms with Crippen molar-refractivity contribution in [3.05, 3.63) is 0 Å². The topological polar surface area (TPSA) is 83.4 Å². The molecule has 0 saturated carbocycles. The fraction of sp³-hybridized carbons (Fsp3) is 0.400. The minimum atomic E-state index is -1.19. The van der Waals surface area contributed by atoms with E-state index in [0.29, 0.717) is 4.58 Å². The van der Waals surface area contributed by atoms with Crippen molar-refractivity contribution in [2.45, 2.75) is 6.42 Å².